The van der Waals surface area contributed by atoms with Crippen LogP contribution >= 0.6 is 0 Å². The fraction of sp³-hybridized carbons (Fsp3) is 0. The molecular formula is C28H14N4O2. The molecule has 2 N–H and O–H groups in total. The number of benzene rings is 6. The third-order valence-electron chi connectivity index (χ3n) is 7.04. The molecule has 0 bridgehead atoms. The van der Waals surface area contributed by atoms with Crippen molar-refractivity contribution in [2.24, 2.45) is 0 Å². The van der Waals surface area contributed by atoms with Gasteiger partial charge in [-0.2, -0.15) is 5.10 Å². The van der Waals surface area contributed by atoms with Crippen LogP contribution in [-0.4, -0.2) is 25.5 Å². The SMILES string of the molecule is O=c1c2ccc(=c3ccc4c(O)c5ccccc5c5n[nH]c3c45)c3nnc(c4ccccc14)-c23. The average molecular weight is 438 g/mol. The molecule has 1 aliphatic carbocycles. The molecule has 0 amide bonds. The molecule has 0 spiro atoms. The molecule has 0 saturated heterocycles. The van der Waals surface area contributed by atoms with Crippen LogP contribution in [0.3, 0.4) is 0 Å². The maximum absolute atomic E-state index is 13.2. The molecule has 6 nitrogen and oxygen atoms in total. The molecule has 34 heavy (non-hydrogen) atoms. The Bertz CT molecular complexity index is 2220. The van der Waals surface area contributed by atoms with Gasteiger partial charge >= 0.3 is 0 Å². The highest BCUT2D eigenvalue weighted by molar-refractivity contribution is 6.22. The number of rotatable bonds is 0. The minimum Gasteiger partial charge on any atom is -0.507 e. The first-order valence-electron chi connectivity index (χ1n) is 11.0. The number of nitrogens with zero attached hydrogens (tertiary/aromatic N) is 3. The molecule has 158 valence electrons. The Morgan fingerprint density at radius 1 is 0.647 bits per heavy atom. The number of phenols is 1. The van der Waals surface area contributed by atoms with Crippen LogP contribution in [-0.2, 0) is 0 Å². The third-order valence-corrected chi connectivity index (χ3v) is 7.04. The Morgan fingerprint density at radius 2 is 1.35 bits per heavy atom. The fourth-order valence-corrected chi connectivity index (χ4v) is 5.50. The van der Waals surface area contributed by atoms with Gasteiger partial charge in [-0.1, -0.05) is 60.7 Å². The first-order valence-corrected chi connectivity index (χ1v) is 11.0. The predicted molar refractivity (Wildman–Crippen MR) is 133 cm³/mol. The molecule has 2 aliphatic rings. The quantitative estimate of drug-likeness (QED) is 0.314. The number of nitrogens with one attached hydrogen (secondary N) is 1. The van der Waals surface area contributed by atoms with E-state index in [0.29, 0.717) is 16.3 Å². The van der Waals surface area contributed by atoms with Gasteiger partial charge in [-0.15, -0.1) is 10.2 Å². The second-order valence-corrected chi connectivity index (χ2v) is 8.68. The van der Waals surface area contributed by atoms with Crippen LogP contribution in [0.25, 0.3) is 65.5 Å². The average Bonchev–Trinajstić information content (AvgIpc) is 3.52. The Morgan fingerprint density at radius 3 is 2.21 bits per heavy atom. The van der Waals surface area contributed by atoms with Gasteiger partial charge in [-0.05, 0) is 12.1 Å². The van der Waals surface area contributed by atoms with E-state index in [0.717, 1.165) is 59.7 Å². The van der Waals surface area contributed by atoms with Crippen molar-refractivity contribution in [2.75, 3.05) is 0 Å². The van der Waals surface area contributed by atoms with E-state index in [2.05, 4.69) is 20.4 Å². The van der Waals surface area contributed by atoms with Gasteiger partial charge in [0.1, 0.15) is 22.5 Å². The summed E-state index contributed by atoms with van der Waals surface area (Å²) in [5, 5.41) is 35.0. The minimum absolute atomic E-state index is 0.00990. The zero-order chi connectivity index (χ0) is 22.6. The summed E-state index contributed by atoms with van der Waals surface area (Å²) in [6, 6.07) is 22.9. The molecule has 1 aliphatic heterocycles. The molecule has 0 saturated carbocycles. The Hall–Kier alpha value is -4.84. The summed E-state index contributed by atoms with van der Waals surface area (Å²) in [5.41, 5.74) is 3.82. The molecule has 6 aromatic rings. The van der Waals surface area contributed by atoms with Gasteiger partial charge in [0.05, 0.1) is 5.52 Å². The van der Waals surface area contributed by atoms with Crippen LogP contribution in [0, 0.1) is 10.4 Å². The van der Waals surface area contributed by atoms with E-state index >= 15 is 0 Å². The van der Waals surface area contributed by atoms with Crippen LogP contribution in [0.15, 0.2) is 77.6 Å². The highest BCUT2D eigenvalue weighted by Gasteiger charge is 2.22. The highest BCUT2D eigenvalue weighted by atomic mass is 16.3. The molecule has 0 fully saturated rings. The van der Waals surface area contributed by atoms with Gasteiger partial charge in [0.2, 0.25) is 0 Å². The summed E-state index contributed by atoms with van der Waals surface area (Å²) in [6.07, 6.45) is 0. The lowest BCUT2D eigenvalue weighted by Gasteiger charge is -2.08. The zero-order valence-corrected chi connectivity index (χ0v) is 17.6. The number of aromatic amines is 1. The Balaban J connectivity index is 1.61. The molecule has 6 heteroatoms. The van der Waals surface area contributed by atoms with Gasteiger partial charge in [-0.3, -0.25) is 9.89 Å². The first kappa shape index (κ1) is 17.7. The van der Waals surface area contributed by atoms with E-state index in [1.54, 1.807) is 0 Å². The van der Waals surface area contributed by atoms with Gasteiger partial charge in [0.25, 0.3) is 0 Å². The van der Waals surface area contributed by atoms with Crippen LogP contribution in [0.2, 0.25) is 0 Å². The molecule has 0 radical (unpaired) electrons. The zero-order valence-electron chi connectivity index (χ0n) is 17.6. The van der Waals surface area contributed by atoms with Crippen molar-refractivity contribution in [2.45, 2.75) is 0 Å². The summed E-state index contributed by atoms with van der Waals surface area (Å²) in [6.45, 7) is 0. The number of aromatic hydroxyl groups is 1. The number of aromatic nitrogens is 4. The monoisotopic (exact) mass is 438 g/mol. The fourth-order valence-electron chi connectivity index (χ4n) is 5.50. The topological polar surface area (TPSA) is 91.8 Å². The van der Waals surface area contributed by atoms with Gasteiger partial charge < -0.3 is 5.11 Å². The summed E-state index contributed by atoms with van der Waals surface area (Å²) in [4.78, 5) is 13.2. The first-order chi connectivity index (χ1) is 16.7. The van der Waals surface area contributed by atoms with E-state index in [1.165, 1.54) is 0 Å². The van der Waals surface area contributed by atoms with Crippen molar-refractivity contribution < 1.29 is 5.11 Å². The summed E-state index contributed by atoms with van der Waals surface area (Å²) < 4.78 is 0. The molecule has 8 rings (SSSR count). The standard InChI is InChI=1S/C28H14N4O2/c33-27-17-7-3-1-5-13(17)23-21-19(27)11-9-15(25(21)31-29-23)16-10-12-20-22-24(30-32-26(16)22)14-6-2-4-8-18(14)28(20)34/h1-12,33H,(H,29,31). The molecule has 1 aromatic heterocycles. The van der Waals surface area contributed by atoms with Crippen molar-refractivity contribution in [3.63, 3.8) is 0 Å². The second kappa shape index (κ2) is 5.94. The maximum atomic E-state index is 13.2. The second-order valence-electron chi connectivity index (χ2n) is 8.68. The molecular weight excluding hydrogens is 424 g/mol. The van der Waals surface area contributed by atoms with Gasteiger partial charge in [0, 0.05) is 53.7 Å². The van der Waals surface area contributed by atoms with Gasteiger partial charge in [-0.25, -0.2) is 0 Å². The van der Waals surface area contributed by atoms with E-state index in [4.69, 9.17) is 0 Å². The van der Waals surface area contributed by atoms with Crippen molar-refractivity contribution >= 4 is 54.3 Å². The molecule has 2 heterocycles. The van der Waals surface area contributed by atoms with Crippen LogP contribution < -0.4 is 5.43 Å². The van der Waals surface area contributed by atoms with E-state index in [-0.39, 0.29) is 11.2 Å². The number of hydrogen-bond acceptors (Lipinski definition) is 5. The molecule has 0 atom stereocenters. The minimum atomic E-state index is -0.00990. The number of hydrogen-bond donors (Lipinski definition) is 2. The van der Waals surface area contributed by atoms with Crippen molar-refractivity contribution in [1.29, 1.82) is 0 Å². The van der Waals surface area contributed by atoms with Crippen molar-refractivity contribution in [1.82, 2.24) is 20.4 Å². The number of H-pyrrole nitrogens is 1. The van der Waals surface area contributed by atoms with Crippen LogP contribution in [0.5, 0.6) is 5.75 Å². The Labute approximate surface area is 190 Å². The largest absolute Gasteiger partial charge is 0.507 e. The lowest BCUT2D eigenvalue weighted by molar-refractivity contribution is 0.488. The lowest BCUT2D eigenvalue weighted by Crippen LogP contribution is -2.04. The van der Waals surface area contributed by atoms with E-state index in [1.807, 2.05) is 72.8 Å². The van der Waals surface area contributed by atoms with E-state index in [9.17, 15) is 9.90 Å². The Kier molecular flexibility index (Phi) is 3.09. The van der Waals surface area contributed by atoms with Crippen LogP contribution in [0.1, 0.15) is 0 Å². The van der Waals surface area contributed by atoms with Gasteiger partial charge in [0.15, 0.2) is 5.43 Å². The summed E-state index contributed by atoms with van der Waals surface area (Å²) in [5.74, 6) is 0.244. The third kappa shape index (κ3) is 1.97. The smallest absolute Gasteiger partial charge is 0.194 e. The maximum Gasteiger partial charge on any atom is 0.194 e. The molecule has 5 aromatic carbocycles. The lowest BCUT2D eigenvalue weighted by atomic mass is 9.94. The van der Waals surface area contributed by atoms with E-state index < -0.39 is 0 Å². The normalized spacial score (nSPS) is 13.4. The van der Waals surface area contributed by atoms with Crippen LogP contribution in [0.4, 0.5) is 0 Å². The van der Waals surface area contributed by atoms with Crippen molar-refractivity contribution in [3.05, 3.63) is 93.5 Å². The number of fused-ring (bicyclic) bond motifs is 4. The predicted octanol–water partition coefficient (Wildman–Crippen LogP) is 5.30. The number of phenolic OH excluding ortho intramolecular Hbond substituents is 1. The highest BCUT2D eigenvalue weighted by Crippen LogP contribution is 2.41. The summed E-state index contributed by atoms with van der Waals surface area (Å²) >= 11 is 0. The molecule has 0 unspecified atom stereocenters. The summed E-state index contributed by atoms with van der Waals surface area (Å²) in [7, 11) is 0. The van der Waals surface area contributed by atoms with Crippen molar-refractivity contribution in [3.8, 4) is 17.0 Å².